The van der Waals surface area contributed by atoms with E-state index in [0.717, 1.165) is 31.8 Å². The quantitative estimate of drug-likeness (QED) is 0.399. The molecule has 1 N–H and O–H groups in total. The van der Waals surface area contributed by atoms with Gasteiger partial charge in [0.05, 0.1) is 12.9 Å². The first kappa shape index (κ1) is 24.3. The van der Waals surface area contributed by atoms with E-state index in [9.17, 15) is 4.79 Å². The molecule has 4 nitrogen and oxygen atoms in total. The van der Waals surface area contributed by atoms with Crippen LogP contribution in [0.2, 0.25) is 0 Å². The van der Waals surface area contributed by atoms with E-state index in [0.29, 0.717) is 18.9 Å². The fraction of sp³-hybridized carbons (Fsp3) is 0.433. The first-order valence-corrected chi connectivity index (χ1v) is 12.4. The van der Waals surface area contributed by atoms with Gasteiger partial charge >= 0.3 is 0 Å². The molecule has 3 atom stereocenters. The van der Waals surface area contributed by atoms with Crippen molar-refractivity contribution in [1.82, 2.24) is 5.32 Å². The first-order chi connectivity index (χ1) is 16.4. The Morgan fingerprint density at radius 2 is 1.79 bits per heavy atom. The minimum absolute atomic E-state index is 0.0366. The van der Waals surface area contributed by atoms with Crippen molar-refractivity contribution in [1.29, 1.82) is 0 Å². The maximum atomic E-state index is 13.2. The normalized spacial score (nSPS) is 19.3. The minimum atomic E-state index is 0.0366. The lowest BCUT2D eigenvalue weighted by Gasteiger charge is -2.43. The molecule has 2 heterocycles. The lowest BCUT2D eigenvalue weighted by atomic mass is 9.66. The van der Waals surface area contributed by atoms with Crippen LogP contribution < -0.4 is 5.32 Å². The second-order valence-electron chi connectivity index (χ2n) is 10.3. The number of hydrogen-bond donors (Lipinski definition) is 1. The average Bonchev–Trinajstić information content (AvgIpc) is 3.36. The summed E-state index contributed by atoms with van der Waals surface area (Å²) in [6.45, 7) is 8.73. The summed E-state index contributed by atoms with van der Waals surface area (Å²) in [5.74, 6) is 1.74. The molecule has 1 aromatic heterocycles. The summed E-state index contributed by atoms with van der Waals surface area (Å²) in [7, 11) is 0. The molecular weight excluding hydrogens is 422 g/mol. The van der Waals surface area contributed by atoms with Crippen molar-refractivity contribution in [3.05, 3.63) is 95.4 Å². The van der Waals surface area contributed by atoms with Crippen LogP contribution in [0.15, 0.2) is 77.4 Å². The van der Waals surface area contributed by atoms with Crippen LogP contribution in [0.5, 0.6) is 0 Å². The third-order valence-electron chi connectivity index (χ3n) is 7.29. The van der Waals surface area contributed by atoms with Crippen molar-refractivity contribution in [2.75, 3.05) is 19.8 Å². The Morgan fingerprint density at radius 3 is 2.47 bits per heavy atom. The summed E-state index contributed by atoms with van der Waals surface area (Å²) in [5.41, 5.74) is 3.72. The summed E-state index contributed by atoms with van der Waals surface area (Å²) < 4.78 is 11.5. The number of benzene rings is 2. The van der Waals surface area contributed by atoms with E-state index in [2.05, 4.69) is 74.6 Å². The van der Waals surface area contributed by atoms with Crippen LogP contribution in [0.4, 0.5) is 0 Å². The number of nitrogens with one attached hydrogen (secondary N) is 1. The molecule has 1 fully saturated rings. The summed E-state index contributed by atoms with van der Waals surface area (Å²) in [4.78, 5) is 13.2. The highest BCUT2D eigenvalue weighted by Gasteiger charge is 2.39. The highest BCUT2D eigenvalue weighted by molar-refractivity contribution is 5.77. The van der Waals surface area contributed by atoms with Gasteiger partial charge in [0.15, 0.2) is 0 Å². The van der Waals surface area contributed by atoms with Crippen molar-refractivity contribution < 1.29 is 13.9 Å². The van der Waals surface area contributed by atoms with Crippen LogP contribution >= 0.6 is 0 Å². The fourth-order valence-corrected chi connectivity index (χ4v) is 5.37. The van der Waals surface area contributed by atoms with E-state index in [-0.39, 0.29) is 23.2 Å². The summed E-state index contributed by atoms with van der Waals surface area (Å²) in [6, 6.07) is 23.0. The van der Waals surface area contributed by atoms with E-state index in [4.69, 9.17) is 9.15 Å². The van der Waals surface area contributed by atoms with Crippen LogP contribution in [-0.4, -0.2) is 25.7 Å². The molecule has 0 bridgehead atoms. The van der Waals surface area contributed by atoms with E-state index >= 15 is 0 Å². The van der Waals surface area contributed by atoms with Crippen LogP contribution in [0.1, 0.15) is 67.4 Å². The van der Waals surface area contributed by atoms with E-state index in [1.165, 1.54) is 16.7 Å². The predicted octanol–water partition coefficient (Wildman–Crippen LogP) is 6.46. The molecular formula is C30H37NO3. The number of hydrogen-bond acceptors (Lipinski definition) is 3. The monoisotopic (exact) mass is 459 g/mol. The van der Waals surface area contributed by atoms with E-state index < -0.39 is 0 Å². The molecule has 180 valence electrons. The fourth-order valence-electron chi connectivity index (χ4n) is 5.37. The molecule has 34 heavy (non-hydrogen) atoms. The van der Waals surface area contributed by atoms with Gasteiger partial charge in [-0.05, 0) is 60.3 Å². The molecule has 0 aliphatic carbocycles. The molecule has 2 aromatic carbocycles. The molecule has 1 amide bonds. The smallest absolute Gasteiger partial charge is 0.220 e. The topological polar surface area (TPSA) is 51.5 Å². The number of furan rings is 1. The van der Waals surface area contributed by atoms with E-state index in [1.807, 2.05) is 18.2 Å². The maximum absolute atomic E-state index is 13.2. The van der Waals surface area contributed by atoms with Gasteiger partial charge in [0, 0.05) is 25.5 Å². The number of carbonyl (C=O) groups excluding carboxylic acids is 1. The van der Waals surface area contributed by atoms with Gasteiger partial charge in [-0.2, -0.15) is 0 Å². The van der Waals surface area contributed by atoms with Crippen LogP contribution in [-0.2, 0) is 9.53 Å². The molecule has 3 aromatic rings. The Balaban J connectivity index is 1.42. The second kappa shape index (κ2) is 11.1. The number of amides is 1. The highest BCUT2D eigenvalue weighted by atomic mass is 16.5. The highest BCUT2D eigenvalue weighted by Crippen LogP contribution is 2.44. The Kier molecular flexibility index (Phi) is 7.89. The van der Waals surface area contributed by atoms with Crippen molar-refractivity contribution in [2.24, 2.45) is 11.3 Å². The average molecular weight is 460 g/mol. The summed E-state index contributed by atoms with van der Waals surface area (Å²) in [5, 5.41) is 3.21. The molecule has 0 unspecified atom stereocenters. The van der Waals surface area contributed by atoms with Gasteiger partial charge in [-0.3, -0.25) is 4.79 Å². The van der Waals surface area contributed by atoms with Gasteiger partial charge in [0.25, 0.3) is 0 Å². The largest absolute Gasteiger partial charge is 0.469 e. The minimum Gasteiger partial charge on any atom is -0.469 e. The third kappa shape index (κ3) is 5.98. The van der Waals surface area contributed by atoms with Crippen molar-refractivity contribution >= 4 is 5.91 Å². The number of ether oxygens (including phenoxy) is 1. The predicted molar refractivity (Wildman–Crippen MR) is 136 cm³/mol. The van der Waals surface area contributed by atoms with Gasteiger partial charge < -0.3 is 14.5 Å². The summed E-state index contributed by atoms with van der Waals surface area (Å²) in [6.07, 6.45) is 3.98. The maximum Gasteiger partial charge on any atom is 0.220 e. The molecule has 0 spiro atoms. The number of rotatable bonds is 9. The molecule has 1 aliphatic rings. The van der Waals surface area contributed by atoms with Crippen molar-refractivity contribution in [3.63, 3.8) is 0 Å². The van der Waals surface area contributed by atoms with Crippen LogP contribution in [0, 0.1) is 18.3 Å². The van der Waals surface area contributed by atoms with Gasteiger partial charge in [-0.25, -0.2) is 0 Å². The zero-order valence-corrected chi connectivity index (χ0v) is 20.6. The number of carbonyl (C=O) groups is 1. The zero-order valence-electron chi connectivity index (χ0n) is 20.6. The SMILES string of the molecule is Cc1ccc([C@@H](CCNC(=O)C[C@H](c2ccccc2)[C@H]2CCOCC2(C)C)c2ccco2)cc1. The van der Waals surface area contributed by atoms with E-state index in [1.54, 1.807) is 6.26 Å². The molecule has 0 saturated carbocycles. The zero-order chi connectivity index (χ0) is 24.0. The number of aryl methyl sites for hydroxylation is 1. The van der Waals surface area contributed by atoms with Crippen molar-refractivity contribution in [2.45, 2.75) is 51.9 Å². The Morgan fingerprint density at radius 1 is 1.03 bits per heavy atom. The Hall–Kier alpha value is -2.85. The van der Waals surface area contributed by atoms with Gasteiger partial charge in [0.1, 0.15) is 5.76 Å². The Labute approximate surface area is 203 Å². The molecule has 4 heteroatoms. The summed E-state index contributed by atoms with van der Waals surface area (Å²) >= 11 is 0. The molecule has 1 aliphatic heterocycles. The van der Waals surface area contributed by atoms with Crippen LogP contribution in [0.3, 0.4) is 0 Å². The van der Waals surface area contributed by atoms with Crippen LogP contribution in [0.25, 0.3) is 0 Å². The second-order valence-corrected chi connectivity index (χ2v) is 10.3. The lowest BCUT2D eigenvalue weighted by molar-refractivity contribution is -0.122. The molecule has 0 radical (unpaired) electrons. The first-order valence-electron chi connectivity index (χ1n) is 12.4. The van der Waals surface area contributed by atoms with Crippen molar-refractivity contribution in [3.8, 4) is 0 Å². The van der Waals surface area contributed by atoms with Gasteiger partial charge in [0.2, 0.25) is 5.91 Å². The van der Waals surface area contributed by atoms with Gasteiger partial charge in [-0.15, -0.1) is 0 Å². The molecule has 4 rings (SSSR count). The third-order valence-corrected chi connectivity index (χ3v) is 7.29. The lowest BCUT2D eigenvalue weighted by Crippen LogP contribution is -2.40. The van der Waals surface area contributed by atoms with Gasteiger partial charge in [-0.1, -0.05) is 74.0 Å². The Bertz CT molecular complexity index is 1020. The molecule has 1 saturated heterocycles. The standard InChI is InChI=1S/C30H37NO3/c1-22-11-13-24(14-12-22)25(28-10-7-18-34-28)15-17-31-29(32)20-26(23-8-5-4-6-9-23)27-16-19-33-21-30(27,2)3/h4-14,18,25-27H,15-17,19-21H2,1-3H3,(H,31,32)/t25-,26-,27-/m1/s1.